The van der Waals surface area contributed by atoms with Gasteiger partial charge in [-0.1, -0.05) is 12.1 Å². The number of aromatic amines is 1. The van der Waals surface area contributed by atoms with Crippen LogP contribution in [0.25, 0.3) is 23.0 Å². The van der Waals surface area contributed by atoms with E-state index in [4.69, 9.17) is 0 Å². The van der Waals surface area contributed by atoms with E-state index in [1.165, 1.54) is 5.69 Å². The largest absolute Gasteiger partial charge is 0.492 e. The van der Waals surface area contributed by atoms with Gasteiger partial charge in [-0.15, -0.1) is 0 Å². The summed E-state index contributed by atoms with van der Waals surface area (Å²) in [7, 11) is 2.15. The van der Waals surface area contributed by atoms with E-state index in [1.54, 1.807) is 12.4 Å². The Kier molecular flexibility index (Phi) is 4.37. The van der Waals surface area contributed by atoms with E-state index in [9.17, 15) is 5.11 Å². The Bertz CT molecular complexity index is 1110. The zero-order chi connectivity index (χ0) is 19.8. The summed E-state index contributed by atoms with van der Waals surface area (Å²) in [6.45, 7) is 4.13. The van der Waals surface area contributed by atoms with Crippen molar-refractivity contribution in [3.63, 3.8) is 0 Å². The number of likely N-dealkylation sites (N-methyl/N-ethyl adjacent to an activating group) is 1. The number of aliphatic imine (C=N–C) groups is 1. The van der Waals surface area contributed by atoms with Crippen LogP contribution in [0.4, 0.5) is 11.5 Å². The Morgan fingerprint density at radius 3 is 2.83 bits per heavy atom. The summed E-state index contributed by atoms with van der Waals surface area (Å²) in [5.41, 5.74) is 4.52. The van der Waals surface area contributed by atoms with Crippen LogP contribution in [0.15, 0.2) is 47.6 Å². The lowest BCUT2D eigenvalue weighted by Gasteiger charge is -2.34. The number of allylic oxidation sites excluding steroid dienone is 1. The van der Waals surface area contributed by atoms with Crippen LogP contribution in [0.1, 0.15) is 11.3 Å². The zero-order valence-corrected chi connectivity index (χ0v) is 16.2. The molecule has 7 nitrogen and oxygen atoms in total. The van der Waals surface area contributed by atoms with Gasteiger partial charge in [-0.3, -0.25) is 0 Å². The van der Waals surface area contributed by atoms with Gasteiger partial charge >= 0.3 is 0 Å². The Hall–Kier alpha value is -3.45. The lowest BCUT2D eigenvalue weighted by molar-refractivity contribution is 0.313. The normalized spacial score (nSPS) is 17.8. The van der Waals surface area contributed by atoms with Crippen LogP contribution < -0.4 is 4.90 Å². The molecule has 146 valence electrons. The van der Waals surface area contributed by atoms with E-state index in [0.717, 1.165) is 42.9 Å². The van der Waals surface area contributed by atoms with Crippen molar-refractivity contribution in [2.24, 2.45) is 4.99 Å². The number of benzene rings is 1. The molecule has 29 heavy (non-hydrogen) atoms. The van der Waals surface area contributed by atoms with Crippen molar-refractivity contribution < 1.29 is 5.11 Å². The number of piperazine rings is 1. The number of aromatic nitrogens is 3. The standard InChI is InChI=1S/C22H22N6O/c1-27-8-10-28(11-9-27)17-5-2-4-15(12-17)20-25-19(22(29)26-20)13-16-14-24-21-18(16)6-3-7-23-21/h2-7,12-14,29H,8-11H2,1H3,(H,25,26)/b16-13+. The van der Waals surface area contributed by atoms with Crippen molar-refractivity contribution >= 4 is 29.4 Å². The second-order valence-electron chi connectivity index (χ2n) is 7.40. The third-order valence-corrected chi connectivity index (χ3v) is 5.42. The lowest BCUT2D eigenvalue weighted by atomic mass is 10.1. The summed E-state index contributed by atoms with van der Waals surface area (Å²) in [5, 5.41) is 10.4. The van der Waals surface area contributed by atoms with E-state index in [1.807, 2.05) is 30.3 Å². The van der Waals surface area contributed by atoms with Crippen molar-refractivity contribution in [2.45, 2.75) is 0 Å². The number of hydrogen-bond donors (Lipinski definition) is 2. The van der Waals surface area contributed by atoms with Gasteiger partial charge in [0.2, 0.25) is 5.88 Å². The number of H-pyrrole nitrogens is 1. The van der Waals surface area contributed by atoms with Crippen LogP contribution in [-0.2, 0) is 0 Å². The van der Waals surface area contributed by atoms with Crippen molar-refractivity contribution in [1.82, 2.24) is 19.9 Å². The van der Waals surface area contributed by atoms with Gasteiger partial charge in [-0.2, -0.15) is 4.98 Å². The summed E-state index contributed by atoms with van der Waals surface area (Å²) < 4.78 is 0. The number of nitrogens with one attached hydrogen (secondary N) is 1. The summed E-state index contributed by atoms with van der Waals surface area (Å²) in [5.74, 6) is 1.31. The second kappa shape index (κ2) is 7.18. The molecule has 2 aromatic heterocycles. The van der Waals surface area contributed by atoms with E-state index in [0.29, 0.717) is 17.3 Å². The zero-order valence-electron chi connectivity index (χ0n) is 16.2. The Morgan fingerprint density at radius 2 is 1.97 bits per heavy atom. The van der Waals surface area contributed by atoms with Gasteiger partial charge < -0.3 is 19.9 Å². The molecule has 2 aliphatic rings. The van der Waals surface area contributed by atoms with Crippen LogP contribution in [0, 0.1) is 0 Å². The first-order chi connectivity index (χ1) is 14.2. The number of anilines is 1. The lowest BCUT2D eigenvalue weighted by Crippen LogP contribution is -2.44. The van der Waals surface area contributed by atoms with Gasteiger partial charge in [-0.05, 0) is 37.4 Å². The maximum Gasteiger partial charge on any atom is 0.237 e. The molecule has 0 unspecified atom stereocenters. The van der Waals surface area contributed by atoms with Gasteiger partial charge in [0.15, 0.2) is 5.82 Å². The third kappa shape index (κ3) is 3.40. The van der Waals surface area contributed by atoms with E-state index < -0.39 is 0 Å². The average Bonchev–Trinajstić information content (AvgIpc) is 3.33. The van der Waals surface area contributed by atoms with Crippen LogP contribution in [0.2, 0.25) is 0 Å². The average molecular weight is 386 g/mol. The minimum atomic E-state index is -0.0248. The fourth-order valence-corrected chi connectivity index (χ4v) is 3.73. The Balaban J connectivity index is 1.43. The van der Waals surface area contributed by atoms with Crippen molar-refractivity contribution in [1.29, 1.82) is 0 Å². The molecule has 0 atom stereocenters. The molecule has 3 aromatic rings. The molecule has 1 aromatic carbocycles. The quantitative estimate of drug-likeness (QED) is 0.723. The Labute approximate surface area is 169 Å². The maximum atomic E-state index is 10.4. The summed E-state index contributed by atoms with van der Waals surface area (Å²) in [6.07, 6.45) is 5.33. The predicted molar refractivity (Wildman–Crippen MR) is 116 cm³/mol. The highest BCUT2D eigenvalue weighted by atomic mass is 16.3. The molecule has 7 heteroatoms. The molecule has 0 aliphatic carbocycles. The fourth-order valence-electron chi connectivity index (χ4n) is 3.73. The van der Waals surface area contributed by atoms with Crippen LogP contribution in [0.3, 0.4) is 0 Å². The van der Waals surface area contributed by atoms with Crippen LogP contribution in [0.5, 0.6) is 5.88 Å². The molecule has 0 amide bonds. The molecule has 0 bridgehead atoms. The molecular weight excluding hydrogens is 364 g/mol. The van der Waals surface area contributed by atoms with E-state index in [-0.39, 0.29) is 5.88 Å². The molecule has 0 radical (unpaired) electrons. The fraction of sp³-hybridized carbons (Fsp3) is 0.227. The molecule has 4 heterocycles. The molecule has 0 saturated carbocycles. The third-order valence-electron chi connectivity index (χ3n) is 5.42. The van der Waals surface area contributed by atoms with Crippen LogP contribution in [-0.4, -0.2) is 64.4 Å². The van der Waals surface area contributed by atoms with Gasteiger partial charge in [0, 0.05) is 61.0 Å². The van der Waals surface area contributed by atoms with Gasteiger partial charge in [0.05, 0.1) is 0 Å². The van der Waals surface area contributed by atoms with E-state index in [2.05, 4.69) is 48.9 Å². The molecule has 1 fully saturated rings. The molecule has 5 rings (SSSR count). The highest BCUT2D eigenvalue weighted by Gasteiger charge is 2.17. The molecule has 1 saturated heterocycles. The van der Waals surface area contributed by atoms with Gasteiger partial charge in [-0.25, -0.2) is 9.98 Å². The molecule has 2 N–H and O–H groups in total. The van der Waals surface area contributed by atoms with Crippen molar-refractivity contribution in [3.8, 4) is 17.3 Å². The minimum Gasteiger partial charge on any atom is -0.492 e. The minimum absolute atomic E-state index is 0.0248. The topological polar surface area (TPSA) is 80.6 Å². The van der Waals surface area contributed by atoms with Gasteiger partial charge in [0.1, 0.15) is 11.5 Å². The highest BCUT2D eigenvalue weighted by Crippen LogP contribution is 2.32. The van der Waals surface area contributed by atoms with Crippen molar-refractivity contribution in [2.75, 3.05) is 38.1 Å². The predicted octanol–water partition coefficient (Wildman–Crippen LogP) is 3.19. The summed E-state index contributed by atoms with van der Waals surface area (Å²) in [6, 6.07) is 12.1. The smallest absolute Gasteiger partial charge is 0.237 e. The number of fused-ring (bicyclic) bond motifs is 1. The number of pyridine rings is 1. The SMILES string of the molecule is CN1CCN(c2cccc(-c3nc(O)c(/C=C4\C=Nc5ncccc54)[nH]3)c2)CC1. The molecule has 0 spiro atoms. The maximum absolute atomic E-state index is 10.4. The first-order valence-corrected chi connectivity index (χ1v) is 9.71. The van der Waals surface area contributed by atoms with Crippen molar-refractivity contribution in [3.05, 3.63) is 53.9 Å². The first-order valence-electron chi connectivity index (χ1n) is 9.71. The summed E-state index contributed by atoms with van der Waals surface area (Å²) >= 11 is 0. The number of hydrogen-bond acceptors (Lipinski definition) is 6. The number of aromatic hydroxyl groups is 1. The monoisotopic (exact) mass is 386 g/mol. The number of nitrogens with zero attached hydrogens (tertiary/aromatic N) is 5. The first kappa shape index (κ1) is 17.6. The molecule has 2 aliphatic heterocycles. The molecular formula is C22H22N6O. The highest BCUT2D eigenvalue weighted by molar-refractivity contribution is 6.20. The second-order valence-corrected chi connectivity index (χ2v) is 7.40. The summed E-state index contributed by atoms with van der Waals surface area (Å²) in [4.78, 5) is 20.9. The van der Waals surface area contributed by atoms with E-state index >= 15 is 0 Å². The Morgan fingerprint density at radius 1 is 1.10 bits per heavy atom. The number of imidazole rings is 1. The van der Waals surface area contributed by atoms with Crippen LogP contribution >= 0.6 is 0 Å². The number of rotatable bonds is 3. The van der Waals surface area contributed by atoms with Gasteiger partial charge in [0.25, 0.3) is 0 Å².